The highest BCUT2D eigenvalue weighted by Gasteiger charge is 2.24. The predicted molar refractivity (Wildman–Crippen MR) is 74.3 cm³/mol. The van der Waals surface area contributed by atoms with Crippen LogP contribution in [0.3, 0.4) is 0 Å². The van der Waals surface area contributed by atoms with Crippen LogP contribution in [-0.2, 0) is 6.54 Å². The van der Waals surface area contributed by atoms with E-state index in [0.29, 0.717) is 12.6 Å². The molecule has 2 atom stereocenters. The van der Waals surface area contributed by atoms with Gasteiger partial charge in [0.2, 0.25) is 0 Å². The first kappa shape index (κ1) is 14.9. The van der Waals surface area contributed by atoms with Gasteiger partial charge in [-0.1, -0.05) is 19.8 Å². The third-order valence-corrected chi connectivity index (χ3v) is 3.68. The Morgan fingerprint density at radius 2 is 2.40 bits per heavy atom. The monoisotopic (exact) mass is 282 g/mol. The first-order chi connectivity index (χ1) is 9.58. The van der Waals surface area contributed by atoms with Gasteiger partial charge in [-0.25, -0.2) is 0 Å². The zero-order valence-electron chi connectivity index (χ0n) is 11.7. The number of aromatic nitrogens is 2. The van der Waals surface area contributed by atoms with Gasteiger partial charge in [0.25, 0.3) is 0 Å². The highest BCUT2D eigenvalue weighted by Crippen LogP contribution is 2.33. The lowest BCUT2D eigenvalue weighted by Gasteiger charge is -2.19. The quantitative estimate of drug-likeness (QED) is 0.526. The Morgan fingerprint density at radius 3 is 2.95 bits per heavy atom. The number of hydrogen-bond acceptors (Lipinski definition) is 5. The maximum absolute atomic E-state index is 10.5. The van der Waals surface area contributed by atoms with Crippen molar-refractivity contribution >= 4 is 5.69 Å². The molecule has 0 aliphatic heterocycles. The van der Waals surface area contributed by atoms with Crippen LogP contribution in [0.25, 0.3) is 0 Å². The summed E-state index contributed by atoms with van der Waals surface area (Å²) < 4.78 is 1.41. The summed E-state index contributed by atoms with van der Waals surface area (Å²) in [5.41, 5.74) is -0.0506. The molecule has 0 radical (unpaired) electrons. The molecule has 20 heavy (non-hydrogen) atoms. The molecule has 0 aromatic carbocycles. The number of nitro groups is 1. The van der Waals surface area contributed by atoms with Crippen molar-refractivity contribution in [2.75, 3.05) is 6.54 Å². The van der Waals surface area contributed by atoms with Crippen LogP contribution < -0.4 is 5.32 Å². The van der Waals surface area contributed by atoms with Gasteiger partial charge in [-0.15, -0.1) is 0 Å². The summed E-state index contributed by atoms with van der Waals surface area (Å²) in [5.74, 6) is 0.860. The molecule has 1 aliphatic rings. The summed E-state index contributed by atoms with van der Waals surface area (Å²) in [4.78, 5) is 10.1. The van der Waals surface area contributed by atoms with Gasteiger partial charge in [0.1, 0.15) is 12.4 Å². The first-order valence-corrected chi connectivity index (χ1v) is 7.16. The van der Waals surface area contributed by atoms with Crippen molar-refractivity contribution < 1.29 is 10.0 Å². The minimum atomic E-state index is -0.595. The summed E-state index contributed by atoms with van der Waals surface area (Å²) in [6.07, 6.45) is 6.83. The first-order valence-electron chi connectivity index (χ1n) is 7.16. The minimum absolute atomic E-state index is 0.0506. The zero-order valence-corrected chi connectivity index (χ0v) is 11.7. The fourth-order valence-corrected chi connectivity index (χ4v) is 2.28. The molecule has 0 bridgehead atoms. The lowest BCUT2D eigenvalue weighted by atomic mass is 10.1. The number of rotatable bonds is 9. The number of aliphatic hydroxyl groups is 1. The standard InChI is InChI=1S/C13H22N4O3/c1-2-11(5-10-3-4-10)14-7-13(18)9-16-8-12(6-15-16)17(19)20/h6,8,10-11,13-14,18H,2-5,7,9H2,1H3. The molecule has 0 saturated heterocycles. The highest BCUT2D eigenvalue weighted by atomic mass is 16.6. The highest BCUT2D eigenvalue weighted by molar-refractivity contribution is 5.20. The van der Waals surface area contributed by atoms with E-state index in [0.717, 1.165) is 12.3 Å². The maximum atomic E-state index is 10.5. The van der Waals surface area contributed by atoms with Crippen molar-refractivity contribution in [3.05, 3.63) is 22.5 Å². The van der Waals surface area contributed by atoms with Gasteiger partial charge < -0.3 is 10.4 Å². The molecule has 1 fully saturated rings. The van der Waals surface area contributed by atoms with E-state index >= 15 is 0 Å². The molecule has 2 N–H and O–H groups in total. The predicted octanol–water partition coefficient (Wildman–Crippen LogP) is 1.32. The van der Waals surface area contributed by atoms with Gasteiger partial charge in [-0.3, -0.25) is 14.8 Å². The summed E-state index contributed by atoms with van der Waals surface area (Å²) in [5, 5.41) is 27.7. The average Bonchev–Trinajstić information content (AvgIpc) is 3.11. The second-order valence-electron chi connectivity index (χ2n) is 5.52. The summed E-state index contributed by atoms with van der Waals surface area (Å²) in [6, 6.07) is 0.448. The molecule has 2 unspecified atom stereocenters. The smallest absolute Gasteiger partial charge is 0.306 e. The molecule has 7 nitrogen and oxygen atoms in total. The minimum Gasteiger partial charge on any atom is -0.390 e. The van der Waals surface area contributed by atoms with E-state index in [4.69, 9.17) is 0 Å². The van der Waals surface area contributed by atoms with E-state index in [2.05, 4.69) is 17.3 Å². The molecule has 7 heteroatoms. The molecule has 1 aromatic rings. The van der Waals surface area contributed by atoms with E-state index in [1.807, 2.05) is 0 Å². The third kappa shape index (κ3) is 4.57. The van der Waals surface area contributed by atoms with Crippen molar-refractivity contribution in [1.82, 2.24) is 15.1 Å². The fourth-order valence-electron chi connectivity index (χ4n) is 2.28. The van der Waals surface area contributed by atoms with Crippen LogP contribution in [0.2, 0.25) is 0 Å². The van der Waals surface area contributed by atoms with Crippen molar-refractivity contribution in [3.8, 4) is 0 Å². The Kier molecular flexibility index (Phi) is 5.08. The number of nitrogens with zero attached hydrogens (tertiary/aromatic N) is 3. The molecular formula is C13H22N4O3. The van der Waals surface area contributed by atoms with E-state index in [1.54, 1.807) is 0 Å². The summed E-state index contributed by atoms with van der Waals surface area (Å²) in [7, 11) is 0. The van der Waals surface area contributed by atoms with E-state index in [9.17, 15) is 15.2 Å². The largest absolute Gasteiger partial charge is 0.390 e. The van der Waals surface area contributed by atoms with Crippen molar-refractivity contribution in [1.29, 1.82) is 0 Å². The Morgan fingerprint density at radius 1 is 1.65 bits per heavy atom. The topological polar surface area (TPSA) is 93.2 Å². The number of nitrogens with one attached hydrogen (secondary N) is 1. The number of hydrogen-bond donors (Lipinski definition) is 2. The zero-order chi connectivity index (χ0) is 14.5. The maximum Gasteiger partial charge on any atom is 0.306 e. The second-order valence-corrected chi connectivity index (χ2v) is 5.52. The molecule has 112 valence electrons. The van der Waals surface area contributed by atoms with E-state index < -0.39 is 11.0 Å². The Labute approximate surface area is 118 Å². The molecule has 1 aromatic heterocycles. The molecule has 1 aliphatic carbocycles. The summed E-state index contributed by atoms with van der Waals surface area (Å²) in [6.45, 7) is 2.89. The SMILES string of the molecule is CCC(CC1CC1)NCC(O)Cn1cc([N+](=O)[O-])cn1. The van der Waals surface area contributed by atoms with E-state index in [-0.39, 0.29) is 12.2 Å². The van der Waals surface area contributed by atoms with Crippen LogP contribution in [0.15, 0.2) is 12.4 Å². The van der Waals surface area contributed by atoms with Gasteiger partial charge >= 0.3 is 5.69 Å². The van der Waals surface area contributed by atoms with Gasteiger partial charge in [0.05, 0.1) is 17.6 Å². The molecule has 0 spiro atoms. The van der Waals surface area contributed by atoms with Crippen LogP contribution in [0.4, 0.5) is 5.69 Å². The fraction of sp³-hybridized carbons (Fsp3) is 0.769. The molecule has 2 rings (SSSR count). The Hall–Kier alpha value is -1.47. The van der Waals surface area contributed by atoms with Crippen LogP contribution >= 0.6 is 0 Å². The van der Waals surface area contributed by atoms with Crippen molar-refractivity contribution in [2.24, 2.45) is 5.92 Å². The third-order valence-electron chi connectivity index (χ3n) is 3.68. The lowest BCUT2D eigenvalue weighted by molar-refractivity contribution is -0.385. The van der Waals surface area contributed by atoms with Crippen LogP contribution in [0, 0.1) is 16.0 Å². The van der Waals surface area contributed by atoms with Crippen LogP contribution in [0.5, 0.6) is 0 Å². The van der Waals surface area contributed by atoms with Gasteiger partial charge in [0.15, 0.2) is 0 Å². The van der Waals surface area contributed by atoms with Gasteiger partial charge in [0, 0.05) is 12.6 Å². The average molecular weight is 282 g/mol. The Bertz CT molecular complexity index is 445. The molecule has 1 saturated carbocycles. The summed E-state index contributed by atoms with van der Waals surface area (Å²) >= 11 is 0. The number of aliphatic hydroxyl groups excluding tert-OH is 1. The molecular weight excluding hydrogens is 260 g/mol. The molecule has 0 amide bonds. The molecule has 1 heterocycles. The van der Waals surface area contributed by atoms with Gasteiger partial charge in [-0.05, 0) is 18.8 Å². The van der Waals surface area contributed by atoms with Crippen LogP contribution in [0.1, 0.15) is 32.6 Å². The lowest BCUT2D eigenvalue weighted by Crippen LogP contribution is -2.37. The van der Waals surface area contributed by atoms with Crippen LogP contribution in [-0.4, -0.2) is 38.5 Å². The van der Waals surface area contributed by atoms with Gasteiger partial charge in [-0.2, -0.15) is 5.10 Å². The van der Waals surface area contributed by atoms with E-state index in [1.165, 1.54) is 36.3 Å². The van der Waals surface area contributed by atoms with Crippen molar-refractivity contribution in [2.45, 2.75) is 51.3 Å². The second kappa shape index (κ2) is 6.81. The normalized spacial score (nSPS) is 17.9. The van der Waals surface area contributed by atoms with Crippen molar-refractivity contribution in [3.63, 3.8) is 0 Å². The Balaban J connectivity index is 1.72.